The number of nitrogens with one attached hydrogen (secondary N) is 2. The molecule has 0 saturated carbocycles. The zero-order valence-electron chi connectivity index (χ0n) is 14.8. The molecule has 1 aromatic carbocycles. The van der Waals surface area contributed by atoms with Gasteiger partial charge in [0.2, 0.25) is 5.91 Å². The molecule has 0 heterocycles. The van der Waals surface area contributed by atoms with Crippen molar-refractivity contribution in [2.24, 2.45) is 0 Å². The van der Waals surface area contributed by atoms with Crippen LogP contribution in [0.15, 0.2) is 23.1 Å². The lowest BCUT2D eigenvalue weighted by atomic mass is 10.2. The summed E-state index contributed by atoms with van der Waals surface area (Å²) in [6.07, 6.45) is -0.706. The molecule has 3 N–H and O–H groups in total. The van der Waals surface area contributed by atoms with Gasteiger partial charge in [-0.1, -0.05) is 6.92 Å². The van der Waals surface area contributed by atoms with E-state index in [0.29, 0.717) is 0 Å². The third-order valence-corrected chi connectivity index (χ3v) is 4.73. The van der Waals surface area contributed by atoms with Crippen LogP contribution in [0.1, 0.15) is 34.1 Å². The van der Waals surface area contributed by atoms with Crippen LogP contribution in [-0.4, -0.2) is 43.4 Å². The quantitative estimate of drug-likeness (QED) is 0.657. The molecule has 25 heavy (non-hydrogen) atoms. The summed E-state index contributed by atoms with van der Waals surface area (Å²) in [4.78, 5) is 23.4. The Labute approximate surface area is 147 Å². The van der Waals surface area contributed by atoms with Gasteiger partial charge in [0.15, 0.2) is 9.84 Å². The first kappa shape index (κ1) is 20.8. The Morgan fingerprint density at radius 3 is 2.44 bits per heavy atom. The Bertz CT molecular complexity index is 737. The molecule has 0 aliphatic carbocycles. The van der Waals surface area contributed by atoms with Crippen LogP contribution in [0.2, 0.25) is 0 Å². The monoisotopic (exact) mass is 372 g/mol. The number of hydrogen-bond donors (Lipinski definition) is 3. The van der Waals surface area contributed by atoms with Crippen molar-refractivity contribution in [1.82, 2.24) is 5.32 Å². The van der Waals surface area contributed by atoms with Crippen LogP contribution >= 0.6 is 0 Å². The first-order chi connectivity index (χ1) is 11.4. The predicted octanol–water partition coefficient (Wildman–Crippen LogP) is 2.04. The molecule has 0 atom stereocenters. The number of benzene rings is 1. The van der Waals surface area contributed by atoms with E-state index in [9.17, 15) is 23.1 Å². The van der Waals surface area contributed by atoms with Crippen LogP contribution in [0.4, 0.5) is 10.5 Å². The maximum Gasteiger partial charge on any atom is 0.407 e. The minimum absolute atomic E-state index is 0.00297. The highest BCUT2D eigenvalue weighted by Crippen LogP contribution is 2.27. The highest BCUT2D eigenvalue weighted by atomic mass is 32.2. The van der Waals surface area contributed by atoms with Gasteiger partial charge < -0.3 is 20.5 Å². The fraction of sp³-hybridized carbons (Fsp3) is 0.500. The smallest absolute Gasteiger partial charge is 0.407 e. The zero-order chi connectivity index (χ0) is 19.3. The highest BCUT2D eigenvalue weighted by molar-refractivity contribution is 7.91. The van der Waals surface area contributed by atoms with Gasteiger partial charge in [-0.3, -0.25) is 4.79 Å². The molecule has 1 aromatic rings. The van der Waals surface area contributed by atoms with Gasteiger partial charge in [0.1, 0.15) is 11.4 Å². The van der Waals surface area contributed by atoms with Crippen molar-refractivity contribution in [1.29, 1.82) is 0 Å². The molecule has 0 aromatic heterocycles. The lowest BCUT2D eigenvalue weighted by molar-refractivity contribution is -0.116. The van der Waals surface area contributed by atoms with Gasteiger partial charge in [0.25, 0.3) is 0 Å². The Morgan fingerprint density at radius 1 is 1.24 bits per heavy atom. The van der Waals surface area contributed by atoms with Gasteiger partial charge in [-0.2, -0.15) is 0 Å². The molecule has 2 amide bonds. The van der Waals surface area contributed by atoms with E-state index in [4.69, 9.17) is 4.74 Å². The van der Waals surface area contributed by atoms with Crippen molar-refractivity contribution in [3.63, 3.8) is 0 Å². The van der Waals surface area contributed by atoms with E-state index in [-0.39, 0.29) is 35.1 Å². The van der Waals surface area contributed by atoms with Gasteiger partial charge >= 0.3 is 6.09 Å². The molecule has 0 fully saturated rings. The first-order valence-electron chi connectivity index (χ1n) is 7.77. The Hall–Kier alpha value is -2.29. The second-order valence-electron chi connectivity index (χ2n) is 6.31. The summed E-state index contributed by atoms with van der Waals surface area (Å²) >= 11 is 0. The topological polar surface area (TPSA) is 122 Å². The van der Waals surface area contributed by atoms with E-state index < -0.39 is 27.4 Å². The van der Waals surface area contributed by atoms with Crippen molar-refractivity contribution in [2.75, 3.05) is 17.6 Å². The van der Waals surface area contributed by atoms with Crippen molar-refractivity contribution < 1.29 is 27.9 Å². The molecule has 8 nitrogen and oxygen atoms in total. The normalized spacial score (nSPS) is 11.7. The van der Waals surface area contributed by atoms with Crippen molar-refractivity contribution >= 4 is 27.5 Å². The van der Waals surface area contributed by atoms with Crippen LogP contribution < -0.4 is 10.6 Å². The van der Waals surface area contributed by atoms with Gasteiger partial charge in [0, 0.05) is 13.0 Å². The van der Waals surface area contributed by atoms with E-state index >= 15 is 0 Å². The SMILES string of the molecule is CCS(=O)(=O)c1ccc(O)c(NC(=O)CCNC(=O)OC(C)(C)C)c1. The number of rotatable bonds is 6. The van der Waals surface area contributed by atoms with Crippen LogP contribution in [-0.2, 0) is 19.4 Å². The average Bonchev–Trinajstić information content (AvgIpc) is 2.47. The molecule has 0 radical (unpaired) electrons. The molecule has 0 bridgehead atoms. The van der Waals surface area contributed by atoms with Gasteiger partial charge in [-0.25, -0.2) is 13.2 Å². The van der Waals surface area contributed by atoms with E-state index in [2.05, 4.69) is 10.6 Å². The number of carbonyl (C=O) groups excluding carboxylic acids is 2. The number of phenolic OH excluding ortho intramolecular Hbond substituents is 1. The van der Waals surface area contributed by atoms with E-state index in [1.165, 1.54) is 25.1 Å². The predicted molar refractivity (Wildman–Crippen MR) is 93.3 cm³/mol. The summed E-state index contributed by atoms with van der Waals surface area (Å²) in [5.74, 6) is -0.828. The van der Waals surface area contributed by atoms with Gasteiger partial charge in [-0.15, -0.1) is 0 Å². The maximum absolute atomic E-state index is 11.9. The molecular weight excluding hydrogens is 348 g/mol. The Balaban J connectivity index is 2.63. The molecule has 0 aliphatic heterocycles. The third-order valence-electron chi connectivity index (χ3n) is 3.00. The van der Waals surface area contributed by atoms with Crippen molar-refractivity contribution in [3.8, 4) is 5.75 Å². The molecule has 9 heteroatoms. The highest BCUT2D eigenvalue weighted by Gasteiger charge is 2.17. The van der Waals surface area contributed by atoms with E-state index in [1.54, 1.807) is 20.8 Å². The van der Waals surface area contributed by atoms with Crippen LogP contribution in [0.5, 0.6) is 5.75 Å². The zero-order valence-corrected chi connectivity index (χ0v) is 15.6. The fourth-order valence-electron chi connectivity index (χ4n) is 1.78. The second-order valence-corrected chi connectivity index (χ2v) is 8.59. The number of hydrogen-bond acceptors (Lipinski definition) is 6. The Kier molecular flexibility index (Phi) is 6.80. The largest absolute Gasteiger partial charge is 0.506 e. The lowest BCUT2D eigenvalue weighted by Gasteiger charge is -2.19. The second kappa shape index (κ2) is 8.19. The molecule has 0 spiro atoms. The van der Waals surface area contributed by atoms with Crippen LogP contribution in [0.3, 0.4) is 0 Å². The summed E-state index contributed by atoms with van der Waals surface area (Å²) in [5, 5.41) is 14.6. The van der Waals surface area contributed by atoms with E-state index in [0.717, 1.165) is 0 Å². The summed E-state index contributed by atoms with van der Waals surface area (Å²) in [5.41, 5.74) is -0.639. The maximum atomic E-state index is 11.9. The number of phenols is 1. The van der Waals surface area contributed by atoms with Crippen LogP contribution in [0, 0.1) is 0 Å². The van der Waals surface area contributed by atoms with Gasteiger partial charge in [0.05, 0.1) is 16.3 Å². The molecule has 0 unspecified atom stereocenters. The standard InChI is InChI=1S/C16H24N2O6S/c1-5-25(22,23)11-6-7-13(19)12(10-11)18-14(20)8-9-17-15(21)24-16(2,3)4/h6-7,10,19H,5,8-9H2,1-4H3,(H,17,21)(H,18,20). The molecule has 0 aliphatic rings. The first-order valence-corrected chi connectivity index (χ1v) is 9.42. The summed E-state index contributed by atoms with van der Waals surface area (Å²) in [7, 11) is -3.45. The number of carbonyl (C=O) groups is 2. The number of anilines is 1. The lowest BCUT2D eigenvalue weighted by Crippen LogP contribution is -2.34. The fourth-order valence-corrected chi connectivity index (χ4v) is 2.69. The molecule has 0 saturated heterocycles. The number of sulfone groups is 1. The van der Waals surface area contributed by atoms with E-state index in [1.807, 2.05) is 0 Å². The Morgan fingerprint density at radius 2 is 1.88 bits per heavy atom. The van der Waals surface area contributed by atoms with Gasteiger partial charge in [-0.05, 0) is 39.0 Å². The molecule has 140 valence electrons. The number of alkyl carbamates (subject to hydrolysis) is 1. The molecular formula is C16H24N2O6S. The summed E-state index contributed by atoms with van der Waals surface area (Å²) < 4.78 is 28.7. The summed E-state index contributed by atoms with van der Waals surface area (Å²) in [6, 6.07) is 3.68. The molecule has 1 rings (SSSR count). The number of amides is 2. The summed E-state index contributed by atoms with van der Waals surface area (Å²) in [6.45, 7) is 6.70. The third kappa shape index (κ3) is 7.00. The minimum atomic E-state index is -3.45. The van der Waals surface area contributed by atoms with Crippen molar-refractivity contribution in [3.05, 3.63) is 18.2 Å². The average molecular weight is 372 g/mol. The number of aromatic hydroxyl groups is 1. The number of ether oxygens (including phenoxy) is 1. The minimum Gasteiger partial charge on any atom is -0.506 e. The van der Waals surface area contributed by atoms with Crippen molar-refractivity contribution in [2.45, 2.75) is 44.6 Å². The van der Waals surface area contributed by atoms with Crippen LogP contribution in [0.25, 0.3) is 0 Å².